The van der Waals surface area contributed by atoms with Crippen molar-refractivity contribution in [3.63, 3.8) is 0 Å². The van der Waals surface area contributed by atoms with Gasteiger partial charge in [0.1, 0.15) is 0 Å². The van der Waals surface area contributed by atoms with Crippen molar-refractivity contribution in [3.05, 3.63) is 63.6 Å². The van der Waals surface area contributed by atoms with Gasteiger partial charge in [0, 0.05) is 25.7 Å². The van der Waals surface area contributed by atoms with E-state index in [2.05, 4.69) is 5.32 Å². The number of likely N-dealkylation sites (tertiary alicyclic amines) is 1. The Morgan fingerprint density at radius 3 is 2.69 bits per heavy atom. The van der Waals surface area contributed by atoms with Crippen LogP contribution in [0.15, 0.2) is 42.5 Å². The van der Waals surface area contributed by atoms with E-state index >= 15 is 0 Å². The molecule has 2 amide bonds. The number of amides is 2. The molecule has 0 saturated carbocycles. The van der Waals surface area contributed by atoms with Crippen LogP contribution in [0.25, 0.3) is 0 Å². The highest BCUT2D eigenvalue weighted by molar-refractivity contribution is 6.42. The van der Waals surface area contributed by atoms with E-state index in [-0.39, 0.29) is 18.2 Å². The average molecular weight is 392 g/mol. The summed E-state index contributed by atoms with van der Waals surface area (Å²) >= 11 is 12.1. The van der Waals surface area contributed by atoms with Gasteiger partial charge in [-0.1, -0.05) is 41.4 Å². The van der Waals surface area contributed by atoms with Crippen molar-refractivity contribution in [1.82, 2.24) is 4.90 Å². The molecule has 0 radical (unpaired) electrons. The zero-order valence-electron chi connectivity index (χ0n) is 14.2. The Balaban J connectivity index is 1.87. The van der Waals surface area contributed by atoms with Gasteiger partial charge in [-0.2, -0.15) is 0 Å². The van der Waals surface area contributed by atoms with Gasteiger partial charge in [-0.3, -0.25) is 9.59 Å². The van der Waals surface area contributed by atoms with Crippen LogP contribution in [0.4, 0.5) is 5.69 Å². The van der Waals surface area contributed by atoms with Crippen LogP contribution in [0, 0.1) is 5.92 Å². The number of rotatable bonds is 4. The van der Waals surface area contributed by atoms with Crippen molar-refractivity contribution in [2.45, 2.75) is 19.0 Å². The predicted molar refractivity (Wildman–Crippen MR) is 103 cm³/mol. The minimum atomic E-state index is -0.522. The monoisotopic (exact) mass is 391 g/mol. The Bertz CT molecular complexity index is 856. The molecular weight excluding hydrogens is 373 g/mol. The highest BCUT2D eigenvalue weighted by Crippen LogP contribution is 2.39. The Morgan fingerprint density at radius 2 is 2.00 bits per heavy atom. The van der Waals surface area contributed by atoms with Crippen LogP contribution in [0.2, 0.25) is 10.0 Å². The number of nitrogens with zero attached hydrogens (tertiary/aromatic N) is 1. The molecule has 1 saturated heterocycles. The number of carbonyl (C=O) groups excluding carboxylic acids is 2. The summed E-state index contributed by atoms with van der Waals surface area (Å²) in [6, 6.07) is 12.1. The lowest BCUT2D eigenvalue weighted by Gasteiger charge is -2.25. The van der Waals surface area contributed by atoms with E-state index in [9.17, 15) is 9.59 Å². The second kappa shape index (κ2) is 7.66. The van der Waals surface area contributed by atoms with Gasteiger partial charge < -0.3 is 16.0 Å². The molecule has 0 bridgehead atoms. The van der Waals surface area contributed by atoms with Gasteiger partial charge in [0.15, 0.2) is 0 Å². The fourth-order valence-electron chi connectivity index (χ4n) is 3.27. The first-order valence-electron chi connectivity index (χ1n) is 8.21. The van der Waals surface area contributed by atoms with Crippen molar-refractivity contribution < 1.29 is 9.59 Å². The molecule has 3 rings (SSSR count). The summed E-state index contributed by atoms with van der Waals surface area (Å²) in [5.74, 6) is -0.823. The van der Waals surface area contributed by atoms with Gasteiger partial charge in [0.2, 0.25) is 11.8 Å². The molecule has 0 spiro atoms. The molecule has 7 heteroatoms. The minimum Gasteiger partial charge on any atom is -0.338 e. The average Bonchev–Trinajstić information content (AvgIpc) is 2.93. The lowest BCUT2D eigenvalue weighted by atomic mass is 9.92. The molecule has 136 valence electrons. The van der Waals surface area contributed by atoms with E-state index in [0.29, 0.717) is 22.3 Å². The maximum Gasteiger partial charge on any atom is 0.230 e. The Hall–Kier alpha value is -2.08. The Morgan fingerprint density at radius 1 is 1.23 bits per heavy atom. The number of nitrogens with two attached hydrogens (primary N) is 1. The molecule has 2 aromatic rings. The van der Waals surface area contributed by atoms with Crippen LogP contribution in [0.5, 0.6) is 0 Å². The Kier molecular flexibility index (Phi) is 5.51. The van der Waals surface area contributed by atoms with Crippen LogP contribution >= 0.6 is 23.2 Å². The third-order valence-corrected chi connectivity index (χ3v) is 5.38. The van der Waals surface area contributed by atoms with Crippen molar-refractivity contribution in [2.24, 2.45) is 11.7 Å². The van der Waals surface area contributed by atoms with E-state index in [1.165, 1.54) is 0 Å². The summed E-state index contributed by atoms with van der Waals surface area (Å²) in [4.78, 5) is 26.7. The molecule has 2 atom stereocenters. The minimum absolute atomic E-state index is 0.0862. The maximum atomic E-state index is 12.9. The normalized spacial score (nSPS) is 19.7. The third kappa shape index (κ3) is 3.70. The second-order valence-electron chi connectivity index (χ2n) is 6.33. The molecule has 3 N–H and O–H groups in total. The molecule has 26 heavy (non-hydrogen) atoms. The summed E-state index contributed by atoms with van der Waals surface area (Å²) in [7, 11) is 1.69. The lowest BCUT2D eigenvalue weighted by molar-refractivity contribution is -0.127. The fourth-order valence-corrected chi connectivity index (χ4v) is 3.57. The van der Waals surface area contributed by atoms with Crippen molar-refractivity contribution in [1.29, 1.82) is 0 Å². The summed E-state index contributed by atoms with van der Waals surface area (Å²) in [5, 5.41) is 3.72. The van der Waals surface area contributed by atoms with Gasteiger partial charge in [-0.05, 0) is 35.4 Å². The second-order valence-corrected chi connectivity index (χ2v) is 7.14. The molecule has 1 fully saturated rings. The third-order valence-electron chi connectivity index (χ3n) is 4.64. The van der Waals surface area contributed by atoms with Crippen molar-refractivity contribution in [2.75, 3.05) is 12.4 Å². The highest BCUT2D eigenvalue weighted by Gasteiger charge is 2.42. The van der Waals surface area contributed by atoms with Crippen LogP contribution in [0.3, 0.4) is 0 Å². The molecule has 2 aromatic carbocycles. The van der Waals surface area contributed by atoms with Crippen LogP contribution in [-0.2, 0) is 16.1 Å². The zero-order chi connectivity index (χ0) is 18.8. The number of anilines is 1. The zero-order valence-corrected chi connectivity index (χ0v) is 15.7. The van der Waals surface area contributed by atoms with Crippen molar-refractivity contribution in [3.8, 4) is 0 Å². The molecule has 1 aliphatic heterocycles. The number of benzene rings is 2. The molecular formula is C19H19Cl2N3O2. The lowest BCUT2D eigenvalue weighted by Crippen LogP contribution is -2.30. The van der Waals surface area contributed by atoms with Crippen LogP contribution in [-0.4, -0.2) is 23.8 Å². The Labute approximate surface area is 162 Å². The van der Waals surface area contributed by atoms with E-state index in [0.717, 1.165) is 11.1 Å². The first kappa shape index (κ1) is 18.7. The standard InChI is InChI=1S/C19H19Cl2N3O2/c1-24-17(25)9-14(18(24)12-5-6-15(20)16(21)8-12)19(26)23-13-4-2-3-11(7-13)10-22/h2-8,14,18H,9-10,22H2,1H3,(H,23,26)/t14-,18+/m0/s1. The van der Waals surface area contributed by atoms with E-state index in [1.807, 2.05) is 18.2 Å². The van der Waals surface area contributed by atoms with E-state index < -0.39 is 12.0 Å². The first-order chi connectivity index (χ1) is 12.4. The fraction of sp³-hybridized carbons (Fsp3) is 0.263. The van der Waals surface area contributed by atoms with E-state index in [4.69, 9.17) is 28.9 Å². The van der Waals surface area contributed by atoms with Gasteiger partial charge in [-0.25, -0.2) is 0 Å². The van der Waals surface area contributed by atoms with Gasteiger partial charge in [0.25, 0.3) is 0 Å². The predicted octanol–water partition coefficient (Wildman–Crippen LogP) is 3.61. The molecule has 1 aliphatic rings. The summed E-state index contributed by atoms with van der Waals surface area (Å²) < 4.78 is 0. The maximum absolute atomic E-state index is 12.9. The largest absolute Gasteiger partial charge is 0.338 e. The molecule has 0 aromatic heterocycles. The number of nitrogens with one attached hydrogen (secondary N) is 1. The number of hydrogen-bond donors (Lipinski definition) is 2. The van der Waals surface area contributed by atoms with Crippen LogP contribution < -0.4 is 11.1 Å². The van der Waals surface area contributed by atoms with Crippen LogP contribution in [0.1, 0.15) is 23.6 Å². The number of carbonyl (C=O) groups is 2. The highest BCUT2D eigenvalue weighted by atomic mass is 35.5. The van der Waals surface area contributed by atoms with Gasteiger partial charge in [0.05, 0.1) is 22.0 Å². The molecule has 1 heterocycles. The SMILES string of the molecule is CN1C(=O)C[C@H](C(=O)Nc2cccc(CN)c2)[C@H]1c1ccc(Cl)c(Cl)c1. The van der Waals surface area contributed by atoms with Crippen molar-refractivity contribution >= 4 is 40.7 Å². The number of hydrogen-bond acceptors (Lipinski definition) is 3. The molecule has 5 nitrogen and oxygen atoms in total. The van der Waals surface area contributed by atoms with E-state index in [1.54, 1.807) is 36.2 Å². The number of halogens is 2. The molecule has 0 aliphatic carbocycles. The topological polar surface area (TPSA) is 75.4 Å². The summed E-state index contributed by atoms with van der Waals surface area (Å²) in [6.07, 6.45) is 0.143. The van der Waals surface area contributed by atoms with Gasteiger partial charge in [-0.15, -0.1) is 0 Å². The first-order valence-corrected chi connectivity index (χ1v) is 8.96. The summed E-state index contributed by atoms with van der Waals surface area (Å²) in [5.41, 5.74) is 8.01. The smallest absolute Gasteiger partial charge is 0.230 e. The quantitative estimate of drug-likeness (QED) is 0.835. The molecule has 0 unspecified atom stereocenters. The summed E-state index contributed by atoms with van der Waals surface area (Å²) in [6.45, 7) is 0.389. The van der Waals surface area contributed by atoms with Gasteiger partial charge >= 0.3 is 0 Å².